The van der Waals surface area contributed by atoms with E-state index in [4.69, 9.17) is 0 Å². The van der Waals surface area contributed by atoms with E-state index in [0.717, 1.165) is 5.56 Å². The van der Waals surface area contributed by atoms with Gasteiger partial charge in [0.15, 0.2) is 0 Å². The Balaban J connectivity index is 1.88. The third-order valence-corrected chi connectivity index (χ3v) is 6.16. The van der Waals surface area contributed by atoms with Gasteiger partial charge in [0.1, 0.15) is 0 Å². The van der Waals surface area contributed by atoms with E-state index in [1.807, 2.05) is 26.8 Å². The number of rotatable bonds is 6. The van der Waals surface area contributed by atoms with Gasteiger partial charge in [0.2, 0.25) is 15.9 Å². The van der Waals surface area contributed by atoms with Crippen LogP contribution in [-0.4, -0.2) is 31.7 Å². The lowest BCUT2D eigenvalue weighted by atomic mass is 9.98. The summed E-state index contributed by atoms with van der Waals surface area (Å²) in [5, 5.41) is 0. The van der Waals surface area contributed by atoms with Gasteiger partial charge in [-0.15, -0.1) is 0 Å². The lowest BCUT2D eigenvalue weighted by molar-refractivity contribution is -0.126. The minimum atomic E-state index is -3.48. The van der Waals surface area contributed by atoms with Crippen molar-refractivity contribution < 1.29 is 13.2 Å². The Bertz CT molecular complexity index is 704. The molecule has 2 N–H and O–H groups in total. The maximum Gasteiger partial charge on any atom is 0.243 e. The highest BCUT2D eigenvalue weighted by atomic mass is 32.2. The normalized spacial score (nSPS) is 17.1. The van der Waals surface area contributed by atoms with Crippen LogP contribution in [0.1, 0.15) is 32.3 Å². The second-order valence-corrected chi connectivity index (χ2v) is 8.67. The minimum absolute atomic E-state index is 0.0965. The molecule has 25 heavy (non-hydrogen) atoms. The monoisotopic (exact) mass is 365 g/mol. The quantitative estimate of drug-likeness (QED) is 0.758. The fourth-order valence-corrected chi connectivity index (χ4v) is 4.14. The number of hydrazine groups is 1. The van der Waals surface area contributed by atoms with Crippen LogP contribution < -0.4 is 10.9 Å². The van der Waals surface area contributed by atoms with E-state index in [9.17, 15) is 13.2 Å². The molecule has 138 valence electrons. The van der Waals surface area contributed by atoms with Gasteiger partial charge in [-0.05, 0) is 37.8 Å². The number of hydrogen-bond acceptors (Lipinski definition) is 4. The smallest absolute Gasteiger partial charge is 0.243 e. The molecule has 1 aliphatic rings. The van der Waals surface area contributed by atoms with Crippen molar-refractivity contribution in [3.63, 3.8) is 0 Å². The molecule has 1 amide bonds. The zero-order chi connectivity index (χ0) is 18.4. The first kappa shape index (κ1) is 19.5. The van der Waals surface area contributed by atoms with Crippen molar-refractivity contribution in [2.24, 2.45) is 11.8 Å². The topological polar surface area (TPSA) is 78.5 Å². The first-order valence-electron chi connectivity index (χ1n) is 8.59. The van der Waals surface area contributed by atoms with Crippen molar-refractivity contribution in [1.29, 1.82) is 0 Å². The van der Waals surface area contributed by atoms with Gasteiger partial charge in [-0.3, -0.25) is 10.2 Å². The number of aryl methyl sites for hydroxylation is 1. The predicted molar refractivity (Wildman–Crippen MR) is 97.9 cm³/mol. The van der Waals surface area contributed by atoms with Crippen LogP contribution in [-0.2, 0) is 14.8 Å². The number of allylic oxidation sites excluding steroid dienone is 1. The number of piperidine rings is 1. The Morgan fingerprint density at radius 1 is 1.20 bits per heavy atom. The number of carbonyl (C=O) groups is 1. The van der Waals surface area contributed by atoms with Gasteiger partial charge in [-0.2, -0.15) is 4.31 Å². The highest BCUT2D eigenvalue weighted by Crippen LogP contribution is 2.24. The molecule has 1 fully saturated rings. The summed E-state index contributed by atoms with van der Waals surface area (Å²) < 4.78 is 26.8. The van der Waals surface area contributed by atoms with E-state index < -0.39 is 10.0 Å². The SMILES string of the molecule is Cc1ccc(S(=O)(=O)N2CCC(C(=O)NNC=CC(C)C)CC2)cc1. The predicted octanol–water partition coefficient (Wildman–Crippen LogP) is 2.19. The third kappa shape index (κ3) is 5.31. The molecule has 0 aromatic heterocycles. The van der Waals surface area contributed by atoms with Gasteiger partial charge in [-0.25, -0.2) is 8.42 Å². The Morgan fingerprint density at radius 3 is 2.36 bits per heavy atom. The summed E-state index contributed by atoms with van der Waals surface area (Å²) in [4.78, 5) is 12.4. The lowest BCUT2D eigenvalue weighted by Gasteiger charge is -2.30. The van der Waals surface area contributed by atoms with Crippen LogP contribution in [0.15, 0.2) is 41.4 Å². The molecule has 1 heterocycles. The Morgan fingerprint density at radius 2 is 1.80 bits per heavy atom. The Kier molecular flexibility index (Phi) is 6.61. The van der Waals surface area contributed by atoms with E-state index in [-0.39, 0.29) is 11.8 Å². The summed E-state index contributed by atoms with van der Waals surface area (Å²) in [7, 11) is -3.48. The van der Waals surface area contributed by atoms with E-state index in [1.165, 1.54) is 4.31 Å². The second kappa shape index (κ2) is 8.49. The molecule has 6 nitrogen and oxygen atoms in total. The molecule has 0 aliphatic carbocycles. The number of nitrogens with zero attached hydrogens (tertiary/aromatic N) is 1. The zero-order valence-electron chi connectivity index (χ0n) is 15.0. The molecule has 0 spiro atoms. The number of sulfonamides is 1. The van der Waals surface area contributed by atoms with Gasteiger partial charge in [-0.1, -0.05) is 37.6 Å². The third-order valence-electron chi connectivity index (χ3n) is 4.24. The molecular weight excluding hydrogens is 338 g/mol. The molecule has 0 bridgehead atoms. The second-order valence-electron chi connectivity index (χ2n) is 6.73. The first-order valence-corrected chi connectivity index (χ1v) is 10.0. The fourth-order valence-electron chi connectivity index (χ4n) is 2.67. The average molecular weight is 365 g/mol. The summed E-state index contributed by atoms with van der Waals surface area (Å²) in [5.74, 6) is 0.129. The number of benzene rings is 1. The van der Waals surface area contributed by atoms with Crippen LogP contribution in [0.25, 0.3) is 0 Å². The highest BCUT2D eigenvalue weighted by Gasteiger charge is 2.31. The first-order chi connectivity index (χ1) is 11.8. The van der Waals surface area contributed by atoms with Crippen LogP contribution in [0.3, 0.4) is 0 Å². The van der Waals surface area contributed by atoms with Gasteiger partial charge in [0, 0.05) is 25.2 Å². The zero-order valence-corrected chi connectivity index (χ0v) is 15.8. The maximum atomic E-state index is 12.7. The molecule has 2 rings (SSSR count). The number of nitrogens with one attached hydrogen (secondary N) is 2. The van der Waals surface area contributed by atoms with Gasteiger partial charge >= 0.3 is 0 Å². The lowest BCUT2D eigenvalue weighted by Crippen LogP contribution is -2.45. The van der Waals surface area contributed by atoms with E-state index in [2.05, 4.69) is 10.9 Å². The Labute approximate surface area is 150 Å². The summed E-state index contributed by atoms with van der Waals surface area (Å²) >= 11 is 0. The number of carbonyl (C=O) groups excluding carboxylic acids is 1. The molecule has 1 aromatic rings. The van der Waals surface area contributed by atoms with Gasteiger partial charge in [0.25, 0.3) is 0 Å². The molecule has 1 saturated heterocycles. The molecule has 0 unspecified atom stereocenters. The van der Waals surface area contributed by atoms with Crippen molar-refractivity contribution in [2.75, 3.05) is 13.1 Å². The highest BCUT2D eigenvalue weighted by molar-refractivity contribution is 7.89. The molecule has 7 heteroatoms. The summed E-state index contributed by atoms with van der Waals surface area (Å²) in [6, 6.07) is 6.86. The summed E-state index contributed by atoms with van der Waals surface area (Å²) in [6.45, 7) is 6.73. The maximum absolute atomic E-state index is 12.7. The van der Waals surface area contributed by atoms with Crippen LogP contribution in [0.5, 0.6) is 0 Å². The van der Waals surface area contributed by atoms with Crippen molar-refractivity contribution in [2.45, 2.75) is 38.5 Å². The minimum Gasteiger partial charge on any atom is -0.306 e. The average Bonchev–Trinajstić information content (AvgIpc) is 2.59. The molecule has 0 saturated carbocycles. The van der Waals surface area contributed by atoms with Crippen molar-refractivity contribution in [3.8, 4) is 0 Å². The van der Waals surface area contributed by atoms with E-state index >= 15 is 0 Å². The molecule has 1 aromatic carbocycles. The van der Waals surface area contributed by atoms with Gasteiger partial charge in [0.05, 0.1) is 4.90 Å². The Hall–Kier alpha value is -1.86. The molecule has 0 radical (unpaired) electrons. The van der Waals surface area contributed by atoms with Crippen molar-refractivity contribution >= 4 is 15.9 Å². The number of hydrogen-bond donors (Lipinski definition) is 2. The summed E-state index contributed by atoms with van der Waals surface area (Å²) in [5.41, 5.74) is 6.45. The molecule has 0 atom stereocenters. The summed E-state index contributed by atoms with van der Waals surface area (Å²) in [6.07, 6.45) is 4.69. The standard InChI is InChI=1S/C18H27N3O3S/c1-14(2)8-11-19-20-18(22)16-9-12-21(13-10-16)25(23,24)17-6-4-15(3)5-7-17/h4-8,11,14,16,19H,9-10,12-13H2,1-3H3,(H,20,22). The van der Waals surface area contributed by atoms with Crippen LogP contribution in [0, 0.1) is 18.8 Å². The van der Waals surface area contributed by atoms with Crippen LogP contribution >= 0.6 is 0 Å². The largest absolute Gasteiger partial charge is 0.306 e. The molecule has 1 aliphatic heterocycles. The van der Waals surface area contributed by atoms with Crippen molar-refractivity contribution in [1.82, 2.24) is 15.2 Å². The van der Waals surface area contributed by atoms with Gasteiger partial charge < -0.3 is 5.43 Å². The molecular formula is C18H27N3O3S. The van der Waals surface area contributed by atoms with Crippen LogP contribution in [0.2, 0.25) is 0 Å². The van der Waals surface area contributed by atoms with E-state index in [0.29, 0.717) is 36.7 Å². The number of amides is 1. The van der Waals surface area contributed by atoms with Crippen LogP contribution in [0.4, 0.5) is 0 Å². The fraction of sp³-hybridized carbons (Fsp3) is 0.500. The van der Waals surface area contributed by atoms with Crippen molar-refractivity contribution in [3.05, 3.63) is 42.1 Å². The van der Waals surface area contributed by atoms with E-state index in [1.54, 1.807) is 30.5 Å².